The average Bonchev–Trinajstić information content (AvgIpc) is 2.14. The summed E-state index contributed by atoms with van der Waals surface area (Å²) in [7, 11) is 1.60. The molecule has 0 fully saturated rings. The molecule has 10 heavy (non-hydrogen) atoms. The smallest absolute Gasteiger partial charge is 0.221 e. The first-order valence-electron chi connectivity index (χ1n) is 2.84. The molecule has 56 valence electrons. The highest BCUT2D eigenvalue weighted by atomic mass is 79.9. The van der Waals surface area contributed by atoms with Gasteiger partial charge in [-0.05, 0) is 22.9 Å². The van der Waals surface area contributed by atoms with Crippen molar-refractivity contribution in [1.82, 2.24) is 4.98 Å². The minimum Gasteiger partial charge on any atom is -0.442 e. The van der Waals surface area contributed by atoms with Crippen molar-refractivity contribution < 1.29 is 9.15 Å². The number of methoxy groups -OCH3 is 1. The van der Waals surface area contributed by atoms with Crippen LogP contribution in [0, 0.1) is 6.92 Å². The van der Waals surface area contributed by atoms with Gasteiger partial charge in [0.05, 0.1) is 0 Å². The van der Waals surface area contributed by atoms with Crippen molar-refractivity contribution in [3.8, 4) is 0 Å². The molecule has 0 saturated heterocycles. The zero-order valence-corrected chi connectivity index (χ0v) is 7.43. The van der Waals surface area contributed by atoms with Crippen LogP contribution in [0.1, 0.15) is 11.7 Å². The molecule has 0 atom stereocenters. The van der Waals surface area contributed by atoms with Crippen molar-refractivity contribution in [2.45, 2.75) is 13.5 Å². The Bertz CT molecular complexity index is 202. The average molecular weight is 206 g/mol. The molecular weight excluding hydrogens is 198 g/mol. The van der Waals surface area contributed by atoms with E-state index < -0.39 is 0 Å². The molecule has 4 heteroatoms. The highest BCUT2D eigenvalue weighted by molar-refractivity contribution is 9.10. The number of nitrogens with zero attached hydrogens (tertiary/aromatic N) is 1. The van der Waals surface area contributed by atoms with Crippen molar-refractivity contribution in [1.29, 1.82) is 0 Å². The Morgan fingerprint density at radius 1 is 1.70 bits per heavy atom. The predicted octanol–water partition coefficient (Wildman–Crippen LogP) is 1.89. The number of oxazole rings is 1. The lowest BCUT2D eigenvalue weighted by Crippen LogP contribution is -1.85. The fourth-order valence-corrected chi connectivity index (χ4v) is 0.894. The van der Waals surface area contributed by atoms with Crippen LogP contribution in [0.4, 0.5) is 0 Å². The van der Waals surface area contributed by atoms with Crippen molar-refractivity contribution in [3.05, 3.63) is 16.3 Å². The molecule has 3 nitrogen and oxygen atoms in total. The zero-order chi connectivity index (χ0) is 7.56. The largest absolute Gasteiger partial charge is 0.442 e. The van der Waals surface area contributed by atoms with E-state index in [9.17, 15) is 0 Å². The standard InChI is InChI=1S/C6H8BrNO2/c1-4-6(7)8-5(10-4)3-9-2/h3H2,1-2H3. The van der Waals surface area contributed by atoms with Crippen molar-refractivity contribution in [2.24, 2.45) is 0 Å². The van der Waals surface area contributed by atoms with Gasteiger partial charge in [0.25, 0.3) is 0 Å². The summed E-state index contributed by atoms with van der Waals surface area (Å²) in [5, 5.41) is 0. The zero-order valence-electron chi connectivity index (χ0n) is 5.85. The third-order valence-corrected chi connectivity index (χ3v) is 1.79. The lowest BCUT2D eigenvalue weighted by Gasteiger charge is -1.88. The summed E-state index contributed by atoms with van der Waals surface area (Å²) in [6, 6.07) is 0. The molecule has 0 spiro atoms. The SMILES string of the molecule is COCc1nc(Br)c(C)o1. The van der Waals surface area contributed by atoms with Crippen LogP contribution in [0.2, 0.25) is 0 Å². The number of ether oxygens (including phenoxy) is 1. The van der Waals surface area contributed by atoms with E-state index in [0.717, 1.165) is 10.4 Å². The molecule has 1 heterocycles. The maximum absolute atomic E-state index is 5.17. The summed E-state index contributed by atoms with van der Waals surface area (Å²) in [4.78, 5) is 4.02. The highest BCUT2D eigenvalue weighted by Crippen LogP contribution is 2.15. The van der Waals surface area contributed by atoms with Gasteiger partial charge in [-0.1, -0.05) is 0 Å². The fraction of sp³-hybridized carbons (Fsp3) is 0.500. The second-order valence-electron chi connectivity index (χ2n) is 1.89. The van der Waals surface area contributed by atoms with Gasteiger partial charge >= 0.3 is 0 Å². The number of hydrogen-bond donors (Lipinski definition) is 0. The molecule has 0 aromatic carbocycles. The first-order chi connectivity index (χ1) is 4.74. The summed E-state index contributed by atoms with van der Waals surface area (Å²) >= 11 is 3.23. The Hall–Kier alpha value is -0.350. The van der Waals surface area contributed by atoms with Gasteiger partial charge in [-0.25, -0.2) is 4.98 Å². The van der Waals surface area contributed by atoms with E-state index in [2.05, 4.69) is 20.9 Å². The number of aryl methyl sites for hydroxylation is 1. The normalized spacial score (nSPS) is 10.3. The van der Waals surface area contributed by atoms with E-state index >= 15 is 0 Å². The molecule has 0 aliphatic rings. The molecule has 0 aliphatic heterocycles. The van der Waals surface area contributed by atoms with E-state index in [1.54, 1.807) is 7.11 Å². The maximum Gasteiger partial charge on any atom is 0.221 e. The first kappa shape index (κ1) is 7.75. The van der Waals surface area contributed by atoms with E-state index in [1.165, 1.54) is 0 Å². The molecular formula is C6H8BrNO2. The Kier molecular flexibility index (Phi) is 2.45. The van der Waals surface area contributed by atoms with Crippen LogP contribution in [0.5, 0.6) is 0 Å². The minimum absolute atomic E-state index is 0.423. The molecule has 0 aliphatic carbocycles. The Morgan fingerprint density at radius 3 is 2.80 bits per heavy atom. The molecule has 0 bridgehead atoms. The third kappa shape index (κ3) is 1.58. The Labute approximate surface area is 67.5 Å². The number of rotatable bonds is 2. The van der Waals surface area contributed by atoms with E-state index in [1.807, 2.05) is 6.92 Å². The predicted molar refractivity (Wildman–Crippen MR) is 39.7 cm³/mol. The van der Waals surface area contributed by atoms with Crippen molar-refractivity contribution >= 4 is 15.9 Å². The van der Waals surface area contributed by atoms with Gasteiger partial charge in [0.1, 0.15) is 17.0 Å². The van der Waals surface area contributed by atoms with Crippen LogP contribution >= 0.6 is 15.9 Å². The molecule has 1 rings (SSSR count). The molecule has 0 N–H and O–H groups in total. The monoisotopic (exact) mass is 205 g/mol. The highest BCUT2D eigenvalue weighted by Gasteiger charge is 2.04. The lowest BCUT2D eigenvalue weighted by atomic mass is 10.6. The van der Waals surface area contributed by atoms with Crippen LogP contribution in [-0.4, -0.2) is 12.1 Å². The van der Waals surface area contributed by atoms with Crippen LogP contribution in [0.25, 0.3) is 0 Å². The molecule has 0 amide bonds. The van der Waals surface area contributed by atoms with Crippen LogP contribution in [0.15, 0.2) is 9.02 Å². The van der Waals surface area contributed by atoms with E-state index in [0.29, 0.717) is 12.5 Å². The van der Waals surface area contributed by atoms with Crippen molar-refractivity contribution in [3.63, 3.8) is 0 Å². The van der Waals surface area contributed by atoms with Crippen LogP contribution in [-0.2, 0) is 11.3 Å². The summed E-state index contributed by atoms with van der Waals surface area (Å²) < 4.78 is 10.7. The minimum atomic E-state index is 0.423. The van der Waals surface area contributed by atoms with Gasteiger partial charge in [0.15, 0.2) is 0 Å². The molecule has 1 aromatic rings. The van der Waals surface area contributed by atoms with Gasteiger partial charge in [-0.15, -0.1) is 0 Å². The second kappa shape index (κ2) is 3.16. The van der Waals surface area contributed by atoms with Gasteiger partial charge in [-0.3, -0.25) is 0 Å². The number of aromatic nitrogens is 1. The number of hydrogen-bond acceptors (Lipinski definition) is 3. The number of halogens is 1. The second-order valence-corrected chi connectivity index (χ2v) is 2.64. The lowest BCUT2D eigenvalue weighted by molar-refractivity contribution is 0.158. The van der Waals surface area contributed by atoms with Gasteiger partial charge in [0, 0.05) is 7.11 Å². The van der Waals surface area contributed by atoms with Crippen LogP contribution < -0.4 is 0 Å². The Balaban J connectivity index is 2.77. The van der Waals surface area contributed by atoms with Crippen LogP contribution in [0.3, 0.4) is 0 Å². The summed E-state index contributed by atoms with van der Waals surface area (Å²) in [6.45, 7) is 2.27. The summed E-state index contributed by atoms with van der Waals surface area (Å²) in [5.74, 6) is 1.39. The molecule has 0 unspecified atom stereocenters. The third-order valence-electron chi connectivity index (χ3n) is 1.05. The quantitative estimate of drug-likeness (QED) is 0.741. The maximum atomic E-state index is 5.17. The topological polar surface area (TPSA) is 35.3 Å². The van der Waals surface area contributed by atoms with Crippen molar-refractivity contribution in [2.75, 3.05) is 7.11 Å². The van der Waals surface area contributed by atoms with Gasteiger partial charge in [-0.2, -0.15) is 0 Å². The Morgan fingerprint density at radius 2 is 2.40 bits per heavy atom. The first-order valence-corrected chi connectivity index (χ1v) is 3.64. The molecule has 0 radical (unpaired) electrons. The summed E-state index contributed by atoms with van der Waals surface area (Å²) in [5.41, 5.74) is 0. The van der Waals surface area contributed by atoms with Gasteiger partial charge < -0.3 is 9.15 Å². The summed E-state index contributed by atoms with van der Waals surface area (Å²) in [6.07, 6.45) is 0. The van der Waals surface area contributed by atoms with E-state index in [4.69, 9.17) is 9.15 Å². The van der Waals surface area contributed by atoms with E-state index in [-0.39, 0.29) is 0 Å². The van der Waals surface area contributed by atoms with Gasteiger partial charge in [0.2, 0.25) is 5.89 Å². The molecule has 1 aromatic heterocycles. The fourth-order valence-electron chi connectivity index (χ4n) is 0.615. The molecule has 0 saturated carbocycles.